The molecule has 3 aromatic heterocycles. The van der Waals surface area contributed by atoms with Gasteiger partial charge in [-0.25, -0.2) is 9.37 Å². The second-order valence-corrected chi connectivity index (χ2v) is 10.2. The van der Waals surface area contributed by atoms with Crippen LogP contribution in [0.1, 0.15) is 38.9 Å². The van der Waals surface area contributed by atoms with E-state index >= 15 is 4.39 Å². The Morgan fingerprint density at radius 1 is 1.19 bits per heavy atom. The van der Waals surface area contributed by atoms with Crippen molar-refractivity contribution in [2.75, 3.05) is 24.5 Å². The summed E-state index contributed by atoms with van der Waals surface area (Å²) in [5.74, 6) is 0.591. The zero-order chi connectivity index (χ0) is 25.4. The molecule has 0 saturated carbocycles. The van der Waals surface area contributed by atoms with Gasteiger partial charge in [-0.3, -0.25) is 10.1 Å². The Morgan fingerprint density at radius 2 is 1.94 bits per heavy atom. The molecule has 7 nitrogen and oxygen atoms in total. The van der Waals surface area contributed by atoms with Gasteiger partial charge in [0.05, 0.1) is 21.1 Å². The first-order chi connectivity index (χ1) is 17.3. The number of aromatic nitrogens is 4. The number of fused-ring (bicyclic) bond motifs is 1. The molecule has 188 valence electrons. The third-order valence-corrected chi connectivity index (χ3v) is 7.02. The monoisotopic (exact) mass is 528 g/mol. The Hall–Kier alpha value is -2.94. The van der Waals surface area contributed by atoms with E-state index in [1.807, 2.05) is 30.0 Å². The molecule has 10 heteroatoms. The number of hydrogen-bond donors (Lipinski definition) is 2. The smallest absolute Gasteiger partial charge is 0.166 e. The van der Waals surface area contributed by atoms with Gasteiger partial charge in [0.1, 0.15) is 17.5 Å². The molecular formula is C26H27Cl2FN6O. The molecule has 2 N–H and O–H groups in total. The van der Waals surface area contributed by atoms with Crippen LogP contribution in [0.5, 0.6) is 5.75 Å². The number of benzene rings is 1. The molecule has 0 radical (unpaired) electrons. The van der Waals surface area contributed by atoms with Crippen LogP contribution in [0, 0.1) is 5.82 Å². The van der Waals surface area contributed by atoms with E-state index in [4.69, 9.17) is 27.9 Å². The number of pyridine rings is 2. The van der Waals surface area contributed by atoms with Crippen LogP contribution in [0.3, 0.4) is 0 Å². The highest BCUT2D eigenvalue weighted by molar-refractivity contribution is 6.35. The number of hydrogen-bond acceptors (Lipinski definition) is 6. The maximum Gasteiger partial charge on any atom is 0.166 e. The molecule has 36 heavy (non-hydrogen) atoms. The first-order valence-corrected chi connectivity index (χ1v) is 12.6. The van der Waals surface area contributed by atoms with Crippen LogP contribution < -0.4 is 15.0 Å². The fourth-order valence-corrected chi connectivity index (χ4v) is 5.31. The first kappa shape index (κ1) is 24.7. The molecule has 0 bridgehead atoms. The molecule has 0 spiro atoms. The highest BCUT2D eigenvalue weighted by Gasteiger charge is 2.39. The number of nitrogens with one attached hydrogen (secondary N) is 2. The summed E-state index contributed by atoms with van der Waals surface area (Å²) in [6.45, 7) is 8.52. The largest absolute Gasteiger partial charge is 0.486 e. The Morgan fingerprint density at radius 3 is 2.64 bits per heavy atom. The van der Waals surface area contributed by atoms with Gasteiger partial charge in [0, 0.05) is 48.2 Å². The molecule has 1 fully saturated rings. The summed E-state index contributed by atoms with van der Waals surface area (Å²) in [5.41, 5.74) is 2.63. The van der Waals surface area contributed by atoms with Crippen molar-refractivity contribution in [2.45, 2.75) is 38.8 Å². The van der Waals surface area contributed by atoms with Gasteiger partial charge in [0.25, 0.3) is 0 Å². The van der Waals surface area contributed by atoms with Crippen molar-refractivity contribution in [3.63, 3.8) is 0 Å². The fourth-order valence-electron chi connectivity index (χ4n) is 4.64. The highest BCUT2D eigenvalue weighted by Crippen LogP contribution is 2.36. The minimum absolute atomic E-state index is 0.0144. The summed E-state index contributed by atoms with van der Waals surface area (Å²) in [6.07, 6.45) is 5.39. The van der Waals surface area contributed by atoms with Gasteiger partial charge < -0.3 is 15.0 Å². The normalized spacial score (nSPS) is 15.7. The number of ether oxygens (including phenoxy) is 1. The lowest BCUT2D eigenvalue weighted by atomic mass is 9.92. The molecule has 1 aliphatic rings. The van der Waals surface area contributed by atoms with Crippen LogP contribution in [0.15, 0.2) is 42.9 Å². The maximum absolute atomic E-state index is 15.1. The molecule has 5 rings (SSSR count). The van der Waals surface area contributed by atoms with Crippen molar-refractivity contribution in [2.24, 2.45) is 0 Å². The predicted molar refractivity (Wildman–Crippen MR) is 141 cm³/mol. The first-order valence-electron chi connectivity index (χ1n) is 11.9. The van der Waals surface area contributed by atoms with Crippen molar-refractivity contribution < 1.29 is 9.13 Å². The Kier molecular flexibility index (Phi) is 6.76. The number of aromatic amines is 1. The van der Waals surface area contributed by atoms with Gasteiger partial charge in [0.15, 0.2) is 11.6 Å². The van der Waals surface area contributed by atoms with Crippen molar-refractivity contribution in [1.82, 2.24) is 25.5 Å². The lowest BCUT2D eigenvalue weighted by Crippen LogP contribution is -2.68. The second-order valence-electron chi connectivity index (χ2n) is 9.43. The summed E-state index contributed by atoms with van der Waals surface area (Å²) in [6, 6.07) is 7.05. The number of H-pyrrole nitrogens is 1. The van der Waals surface area contributed by atoms with Gasteiger partial charge >= 0.3 is 0 Å². The van der Waals surface area contributed by atoms with Crippen molar-refractivity contribution in [3.8, 4) is 17.0 Å². The summed E-state index contributed by atoms with van der Waals surface area (Å²) in [7, 11) is 0. The molecule has 0 unspecified atom stereocenters. The van der Waals surface area contributed by atoms with E-state index in [0.717, 1.165) is 23.9 Å². The van der Waals surface area contributed by atoms with Gasteiger partial charge in [-0.05, 0) is 51.1 Å². The molecular weight excluding hydrogens is 502 g/mol. The summed E-state index contributed by atoms with van der Waals surface area (Å²) in [4.78, 5) is 10.4. The lowest BCUT2D eigenvalue weighted by Gasteiger charge is -2.49. The van der Waals surface area contributed by atoms with Crippen molar-refractivity contribution in [1.29, 1.82) is 0 Å². The van der Waals surface area contributed by atoms with Crippen LogP contribution in [0.4, 0.5) is 10.2 Å². The average molecular weight is 529 g/mol. The number of anilines is 1. The molecule has 1 aliphatic heterocycles. The third-order valence-electron chi connectivity index (χ3n) is 6.42. The number of nitrogens with zero attached hydrogens (tertiary/aromatic N) is 4. The molecule has 1 saturated heterocycles. The molecule has 0 amide bonds. The van der Waals surface area contributed by atoms with E-state index in [1.54, 1.807) is 6.20 Å². The van der Waals surface area contributed by atoms with Crippen LogP contribution >= 0.6 is 23.2 Å². The van der Waals surface area contributed by atoms with Crippen molar-refractivity contribution in [3.05, 3.63) is 64.3 Å². The zero-order valence-electron chi connectivity index (χ0n) is 20.3. The topological polar surface area (TPSA) is 79.0 Å². The molecule has 4 heterocycles. The average Bonchev–Trinajstić information content (AvgIpc) is 3.24. The Labute approximate surface area is 219 Å². The van der Waals surface area contributed by atoms with Crippen LogP contribution in [0.2, 0.25) is 10.0 Å². The van der Waals surface area contributed by atoms with E-state index in [0.29, 0.717) is 51.5 Å². The fraction of sp³-hybridized carbons (Fsp3) is 0.346. The van der Waals surface area contributed by atoms with Crippen LogP contribution in [-0.4, -0.2) is 45.3 Å². The molecule has 1 atom stereocenters. The Balaban J connectivity index is 1.37. The summed E-state index contributed by atoms with van der Waals surface area (Å²) >= 11 is 12.6. The van der Waals surface area contributed by atoms with E-state index < -0.39 is 6.10 Å². The molecule has 4 aromatic rings. The predicted octanol–water partition coefficient (Wildman–Crippen LogP) is 6.18. The maximum atomic E-state index is 15.1. The quantitative estimate of drug-likeness (QED) is 0.284. The van der Waals surface area contributed by atoms with Crippen molar-refractivity contribution >= 4 is 39.9 Å². The van der Waals surface area contributed by atoms with Crippen LogP contribution in [-0.2, 0) is 0 Å². The van der Waals surface area contributed by atoms with Gasteiger partial charge in [-0.2, -0.15) is 5.10 Å². The number of halogens is 3. The molecule has 1 aromatic carbocycles. The van der Waals surface area contributed by atoms with E-state index in [9.17, 15) is 0 Å². The van der Waals surface area contributed by atoms with Gasteiger partial charge in [-0.15, -0.1) is 0 Å². The van der Waals surface area contributed by atoms with E-state index in [-0.39, 0.29) is 11.4 Å². The minimum Gasteiger partial charge on any atom is -0.486 e. The Bertz CT molecular complexity index is 1380. The summed E-state index contributed by atoms with van der Waals surface area (Å²) in [5, 5.41) is 12.6. The minimum atomic E-state index is -0.409. The van der Waals surface area contributed by atoms with E-state index in [1.165, 1.54) is 18.5 Å². The highest BCUT2D eigenvalue weighted by atomic mass is 35.5. The lowest BCUT2D eigenvalue weighted by molar-refractivity contribution is 0.227. The van der Waals surface area contributed by atoms with E-state index in [2.05, 4.69) is 39.3 Å². The second kappa shape index (κ2) is 9.84. The van der Waals surface area contributed by atoms with Crippen LogP contribution in [0.25, 0.3) is 22.2 Å². The van der Waals surface area contributed by atoms with Gasteiger partial charge in [-0.1, -0.05) is 30.1 Å². The summed E-state index contributed by atoms with van der Waals surface area (Å²) < 4.78 is 21.2. The standard InChI is InChI=1S/C26H27Cl2FN6O/c1-4-7-32-26(3)13-35(14-26)25-21(29)8-16(10-31-25)24-18-9-17(5-6-22(18)33-34-24)36-15(2)23-19(27)11-30-12-20(23)28/h5-6,8-12,15,32H,4,7,13-14H2,1-3H3,(H,33,34)/t15-/m1/s1. The third kappa shape index (κ3) is 4.73. The number of rotatable bonds is 8. The molecule has 0 aliphatic carbocycles. The zero-order valence-corrected chi connectivity index (χ0v) is 21.8. The van der Waals surface area contributed by atoms with Gasteiger partial charge in [0.2, 0.25) is 0 Å². The SMILES string of the molecule is CCCNC1(C)CN(c2ncc(-c3n[nH]c4ccc(O[C@H](C)c5c(Cl)cncc5Cl)cc34)cc2F)C1.